The number of likely N-dealkylation sites (tertiary alicyclic amines) is 1. The third kappa shape index (κ3) is 6.99. The van der Waals surface area contributed by atoms with Crippen molar-refractivity contribution in [2.45, 2.75) is 39.2 Å². The van der Waals surface area contributed by atoms with E-state index in [1.807, 2.05) is 31.4 Å². The van der Waals surface area contributed by atoms with Crippen LogP contribution in [0, 0.1) is 5.92 Å². The van der Waals surface area contributed by atoms with E-state index in [-0.39, 0.29) is 0 Å². The summed E-state index contributed by atoms with van der Waals surface area (Å²) in [5.41, 5.74) is 1.02. The molecule has 0 bridgehead atoms. The fourth-order valence-electron chi connectivity index (χ4n) is 3.05. The molecule has 0 amide bonds. The van der Waals surface area contributed by atoms with E-state index in [1.165, 1.54) is 45.3 Å². The van der Waals surface area contributed by atoms with Gasteiger partial charge in [-0.2, -0.15) is 0 Å². The molecule has 23 heavy (non-hydrogen) atoms. The lowest BCUT2D eigenvalue weighted by Crippen LogP contribution is -2.38. The molecule has 2 heterocycles. The molecule has 128 valence electrons. The lowest BCUT2D eigenvalue weighted by Gasteiger charge is -2.30. The van der Waals surface area contributed by atoms with Crippen molar-refractivity contribution in [2.24, 2.45) is 10.9 Å². The van der Waals surface area contributed by atoms with Gasteiger partial charge in [-0.05, 0) is 56.8 Å². The molecule has 0 aromatic carbocycles. The Morgan fingerprint density at radius 1 is 1.35 bits per heavy atom. The van der Waals surface area contributed by atoms with Crippen LogP contribution in [0.5, 0.6) is 0 Å². The first-order valence-corrected chi connectivity index (χ1v) is 8.84. The van der Waals surface area contributed by atoms with Gasteiger partial charge in [-0.1, -0.05) is 13.0 Å². The van der Waals surface area contributed by atoms with Gasteiger partial charge in [0.05, 0.1) is 12.2 Å². The van der Waals surface area contributed by atoms with Gasteiger partial charge in [-0.15, -0.1) is 0 Å². The van der Waals surface area contributed by atoms with Gasteiger partial charge < -0.3 is 15.5 Å². The van der Waals surface area contributed by atoms with Gasteiger partial charge >= 0.3 is 0 Å². The zero-order valence-corrected chi connectivity index (χ0v) is 14.6. The predicted octanol–water partition coefficient (Wildman–Crippen LogP) is 2.26. The highest BCUT2D eigenvalue weighted by atomic mass is 15.2. The second kappa shape index (κ2) is 10.2. The molecule has 0 spiro atoms. The number of hydrogen-bond donors (Lipinski definition) is 2. The Hall–Kier alpha value is -1.62. The van der Waals surface area contributed by atoms with Crippen molar-refractivity contribution in [3.05, 3.63) is 30.1 Å². The van der Waals surface area contributed by atoms with Gasteiger partial charge in [-0.25, -0.2) is 0 Å². The van der Waals surface area contributed by atoms with E-state index in [0.717, 1.165) is 24.1 Å². The monoisotopic (exact) mass is 317 g/mol. The molecule has 1 aromatic heterocycles. The molecule has 5 nitrogen and oxygen atoms in total. The Morgan fingerprint density at radius 3 is 3.00 bits per heavy atom. The molecule has 1 unspecified atom stereocenters. The van der Waals surface area contributed by atoms with Gasteiger partial charge in [0, 0.05) is 26.3 Å². The Labute approximate surface area is 140 Å². The molecule has 1 saturated heterocycles. The summed E-state index contributed by atoms with van der Waals surface area (Å²) in [4.78, 5) is 11.2. The van der Waals surface area contributed by atoms with Crippen molar-refractivity contribution in [1.29, 1.82) is 0 Å². The van der Waals surface area contributed by atoms with Gasteiger partial charge in [0.2, 0.25) is 0 Å². The highest BCUT2D eigenvalue weighted by Gasteiger charge is 2.15. The van der Waals surface area contributed by atoms with Gasteiger partial charge in [0.1, 0.15) is 0 Å². The average Bonchev–Trinajstić information content (AvgIpc) is 2.58. The Kier molecular flexibility index (Phi) is 7.87. The van der Waals surface area contributed by atoms with Gasteiger partial charge in [-0.3, -0.25) is 9.98 Å². The summed E-state index contributed by atoms with van der Waals surface area (Å²) in [6.45, 7) is 7.82. The quantitative estimate of drug-likeness (QED) is 0.460. The van der Waals surface area contributed by atoms with Crippen LogP contribution in [0.25, 0.3) is 0 Å². The molecule has 0 radical (unpaired) electrons. The molecule has 1 aromatic rings. The van der Waals surface area contributed by atoms with Crippen molar-refractivity contribution >= 4 is 5.96 Å². The minimum absolute atomic E-state index is 0.701. The lowest BCUT2D eigenvalue weighted by atomic mass is 10.0. The maximum absolute atomic E-state index is 4.30. The van der Waals surface area contributed by atoms with E-state index in [1.54, 1.807) is 0 Å². The summed E-state index contributed by atoms with van der Waals surface area (Å²) in [5.74, 6) is 1.72. The minimum Gasteiger partial charge on any atom is -0.356 e. The number of aliphatic imine (C=N–C) groups is 1. The minimum atomic E-state index is 0.701. The van der Waals surface area contributed by atoms with Crippen molar-refractivity contribution in [1.82, 2.24) is 20.5 Å². The number of nitrogens with one attached hydrogen (secondary N) is 2. The van der Waals surface area contributed by atoms with Crippen LogP contribution in [0.3, 0.4) is 0 Å². The molecule has 1 aliphatic heterocycles. The average molecular weight is 317 g/mol. The summed E-state index contributed by atoms with van der Waals surface area (Å²) in [6.07, 6.45) is 7.00. The standard InChI is InChI=1S/C18H31N5/c1-16-8-7-13-23(15-16)12-6-5-11-21-18(19-2)22-14-17-9-3-4-10-20-17/h3-4,9-10,16H,5-8,11-15H2,1-2H3,(H2,19,21,22). The Balaban J connectivity index is 1.55. The number of aromatic nitrogens is 1. The maximum Gasteiger partial charge on any atom is 0.191 e. The van der Waals surface area contributed by atoms with Crippen molar-refractivity contribution in [3.8, 4) is 0 Å². The molecule has 1 atom stereocenters. The first-order valence-electron chi connectivity index (χ1n) is 8.84. The van der Waals surface area contributed by atoms with Gasteiger partial charge in [0.25, 0.3) is 0 Å². The van der Waals surface area contributed by atoms with Crippen LogP contribution in [0.2, 0.25) is 0 Å². The predicted molar refractivity (Wildman–Crippen MR) is 96.5 cm³/mol. The number of unbranched alkanes of at least 4 members (excludes halogenated alkanes) is 1. The topological polar surface area (TPSA) is 52.6 Å². The Morgan fingerprint density at radius 2 is 2.26 bits per heavy atom. The molecule has 0 aliphatic carbocycles. The van der Waals surface area contributed by atoms with Crippen LogP contribution in [0.15, 0.2) is 29.4 Å². The molecule has 2 N–H and O–H groups in total. The largest absolute Gasteiger partial charge is 0.356 e. The fourth-order valence-corrected chi connectivity index (χ4v) is 3.05. The number of piperidine rings is 1. The second-order valence-electron chi connectivity index (χ2n) is 6.43. The van der Waals surface area contributed by atoms with E-state index in [9.17, 15) is 0 Å². The summed E-state index contributed by atoms with van der Waals surface area (Å²) >= 11 is 0. The third-order valence-electron chi connectivity index (χ3n) is 4.32. The van der Waals surface area contributed by atoms with E-state index in [4.69, 9.17) is 0 Å². The lowest BCUT2D eigenvalue weighted by molar-refractivity contribution is 0.181. The number of nitrogens with zero attached hydrogens (tertiary/aromatic N) is 3. The fraction of sp³-hybridized carbons (Fsp3) is 0.667. The zero-order chi connectivity index (χ0) is 16.3. The molecule has 2 rings (SSSR count). The highest BCUT2D eigenvalue weighted by Crippen LogP contribution is 2.15. The van der Waals surface area contributed by atoms with E-state index >= 15 is 0 Å². The highest BCUT2D eigenvalue weighted by molar-refractivity contribution is 5.79. The summed E-state index contributed by atoms with van der Waals surface area (Å²) in [7, 11) is 1.81. The molecule has 5 heteroatoms. The smallest absolute Gasteiger partial charge is 0.191 e. The normalized spacial score (nSPS) is 19.6. The van der Waals surface area contributed by atoms with E-state index < -0.39 is 0 Å². The van der Waals surface area contributed by atoms with Crippen molar-refractivity contribution in [3.63, 3.8) is 0 Å². The summed E-state index contributed by atoms with van der Waals surface area (Å²) in [5, 5.41) is 6.68. The van der Waals surface area contributed by atoms with E-state index in [0.29, 0.717) is 6.54 Å². The first-order chi connectivity index (χ1) is 11.3. The SMILES string of the molecule is CN=C(NCCCCN1CCCC(C)C1)NCc1ccccn1. The molecular formula is C18H31N5. The van der Waals surface area contributed by atoms with Crippen LogP contribution in [0.4, 0.5) is 0 Å². The van der Waals surface area contributed by atoms with Crippen LogP contribution < -0.4 is 10.6 Å². The van der Waals surface area contributed by atoms with E-state index in [2.05, 4.69) is 32.4 Å². The molecule has 1 fully saturated rings. The van der Waals surface area contributed by atoms with Gasteiger partial charge in [0.15, 0.2) is 5.96 Å². The maximum atomic E-state index is 4.30. The number of rotatable bonds is 7. The second-order valence-corrected chi connectivity index (χ2v) is 6.43. The molecule has 0 saturated carbocycles. The Bertz CT molecular complexity index is 460. The van der Waals surface area contributed by atoms with Crippen molar-refractivity contribution in [2.75, 3.05) is 33.2 Å². The summed E-state index contributed by atoms with van der Waals surface area (Å²) in [6, 6.07) is 5.95. The van der Waals surface area contributed by atoms with Crippen LogP contribution in [-0.4, -0.2) is 49.1 Å². The summed E-state index contributed by atoms with van der Waals surface area (Å²) < 4.78 is 0. The molecular weight excluding hydrogens is 286 g/mol. The van der Waals surface area contributed by atoms with Crippen LogP contribution >= 0.6 is 0 Å². The van der Waals surface area contributed by atoms with Crippen LogP contribution in [0.1, 0.15) is 38.3 Å². The first kappa shape index (κ1) is 17.7. The zero-order valence-electron chi connectivity index (χ0n) is 14.6. The molecule has 1 aliphatic rings. The third-order valence-corrected chi connectivity index (χ3v) is 4.32. The van der Waals surface area contributed by atoms with Crippen LogP contribution in [-0.2, 0) is 6.54 Å². The number of pyridine rings is 1. The van der Waals surface area contributed by atoms with Crippen molar-refractivity contribution < 1.29 is 0 Å². The number of hydrogen-bond acceptors (Lipinski definition) is 3. The number of guanidine groups is 1.